The van der Waals surface area contributed by atoms with E-state index in [1.54, 1.807) is 0 Å². The van der Waals surface area contributed by atoms with Crippen molar-refractivity contribution >= 4 is 5.97 Å². The van der Waals surface area contributed by atoms with Gasteiger partial charge in [-0.15, -0.1) is 0 Å². The summed E-state index contributed by atoms with van der Waals surface area (Å²) in [6.07, 6.45) is -1.99. The highest BCUT2D eigenvalue weighted by Crippen LogP contribution is 2.38. The van der Waals surface area contributed by atoms with E-state index in [1.165, 1.54) is 40.4 Å². The van der Waals surface area contributed by atoms with Crippen LogP contribution in [0.1, 0.15) is 17.3 Å². The van der Waals surface area contributed by atoms with Crippen LogP contribution in [0.15, 0.2) is 12.1 Å². The standard InChI is InChI=1S/C14H20O7/c1-8(10(16)7-15)21-14(17)9-5-11(18-2)13(20-4)12(6-9)19-3/h5-6,8,10,15-16H,7H2,1-4H3. The number of carbonyl (C=O) groups excluding carboxylic acids is 1. The third kappa shape index (κ3) is 3.99. The van der Waals surface area contributed by atoms with Crippen molar-refractivity contribution in [2.75, 3.05) is 27.9 Å². The second kappa shape index (κ2) is 7.70. The molecule has 0 spiro atoms. The Bertz CT molecular complexity index is 461. The molecule has 0 aliphatic rings. The van der Waals surface area contributed by atoms with Crippen molar-refractivity contribution in [1.82, 2.24) is 0 Å². The molecule has 0 aliphatic carbocycles. The summed E-state index contributed by atoms with van der Waals surface area (Å²) < 4.78 is 20.5. The van der Waals surface area contributed by atoms with E-state index in [0.29, 0.717) is 17.2 Å². The summed E-state index contributed by atoms with van der Waals surface area (Å²) in [5.74, 6) is 0.326. The monoisotopic (exact) mass is 300 g/mol. The topological polar surface area (TPSA) is 94.5 Å². The minimum absolute atomic E-state index is 0.182. The van der Waals surface area contributed by atoms with E-state index in [2.05, 4.69) is 0 Å². The summed E-state index contributed by atoms with van der Waals surface area (Å²) in [4.78, 5) is 12.0. The van der Waals surface area contributed by atoms with Crippen molar-refractivity contribution in [3.63, 3.8) is 0 Å². The van der Waals surface area contributed by atoms with Crippen LogP contribution < -0.4 is 14.2 Å². The van der Waals surface area contributed by atoms with Crippen LogP contribution in [0, 0.1) is 0 Å². The Morgan fingerprint density at radius 2 is 1.67 bits per heavy atom. The van der Waals surface area contributed by atoms with Gasteiger partial charge in [0.2, 0.25) is 5.75 Å². The van der Waals surface area contributed by atoms with Gasteiger partial charge < -0.3 is 29.2 Å². The van der Waals surface area contributed by atoms with E-state index in [1.807, 2.05) is 0 Å². The first-order chi connectivity index (χ1) is 9.98. The fourth-order valence-electron chi connectivity index (χ4n) is 1.66. The highest BCUT2D eigenvalue weighted by atomic mass is 16.6. The quantitative estimate of drug-likeness (QED) is 0.712. The number of hydrogen-bond donors (Lipinski definition) is 2. The number of rotatable bonds is 7. The van der Waals surface area contributed by atoms with Gasteiger partial charge in [-0.3, -0.25) is 0 Å². The highest BCUT2D eigenvalue weighted by molar-refractivity contribution is 5.91. The zero-order chi connectivity index (χ0) is 16.0. The minimum Gasteiger partial charge on any atom is -0.493 e. The number of carbonyl (C=O) groups is 1. The van der Waals surface area contributed by atoms with Crippen molar-refractivity contribution in [1.29, 1.82) is 0 Å². The van der Waals surface area contributed by atoms with Gasteiger partial charge in [0.25, 0.3) is 0 Å². The predicted molar refractivity (Wildman–Crippen MR) is 74.1 cm³/mol. The fourth-order valence-corrected chi connectivity index (χ4v) is 1.66. The number of aliphatic hydroxyl groups excluding tert-OH is 2. The van der Waals surface area contributed by atoms with Crippen LogP contribution in [0.4, 0.5) is 0 Å². The zero-order valence-electron chi connectivity index (χ0n) is 12.5. The average molecular weight is 300 g/mol. The molecule has 0 saturated heterocycles. The molecule has 1 rings (SSSR count). The Labute approximate surface area is 123 Å². The molecule has 0 saturated carbocycles. The molecule has 0 bridgehead atoms. The first-order valence-corrected chi connectivity index (χ1v) is 6.28. The van der Waals surface area contributed by atoms with Crippen molar-refractivity contribution in [3.05, 3.63) is 17.7 Å². The molecule has 2 N–H and O–H groups in total. The molecule has 1 aromatic carbocycles. The molecule has 0 heterocycles. The molecule has 0 aliphatic heterocycles. The summed E-state index contributed by atoms with van der Waals surface area (Å²) in [6.45, 7) is 0.987. The highest BCUT2D eigenvalue weighted by Gasteiger charge is 2.22. The summed E-state index contributed by atoms with van der Waals surface area (Å²) in [5.41, 5.74) is 0.182. The Balaban J connectivity index is 3.05. The van der Waals surface area contributed by atoms with E-state index in [-0.39, 0.29) is 5.56 Å². The normalized spacial score (nSPS) is 13.2. The van der Waals surface area contributed by atoms with Crippen LogP contribution in [-0.4, -0.2) is 56.3 Å². The first kappa shape index (κ1) is 17.1. The Hall–Kier alpha value is -1.99. The molecule has 7 heteroatoms. The number of benzene rings is 1. The van der Waals surface area contributed by atoms with E-state index < -0.39 is 24.8 Å². The van der Waals surface area contributed by atoms with Crippen molar-refractivity contribution in [3.8, 4) is 17.2 Å². The van der Waals surface area contributed by atoms with Gasteiger partial charge in [0.15, 0.2) is 11.5 Å². The van der Waals surface area contributed by atoms with Crippen molar-refractivity contribution < 1.29 is 34.0 Å². The maximum Gasteiger partial charge on any atom is 0.338 e. The number of methoxy groups -OCH3 is 3. The second-order valence-corrected chi connectivity index (χ2v) is 4.27. The van der Waals surface area contributed by atoms with E-state index in [4.69, 9.17) is 24.1 Å². The maximum absolute atomic E-state index is 12.0. The summed E-state index contributed by atoms with van der Waals surface area (Å²) >= 11 is 0. The SMILES string of the molecule is COc1cc(C(=O)OC(C)C(O)CO)cc(OC)c1OC. The van der Waals surface area contributed by atoms with Gasteiger partial charge in [0.1, 0.15) is 12.2 Å². The van der Waals surface area contributed by atoms with Crippen LogP contribution >= 0.6 is 0 Å². The van der Waals surface area contributed by atoms with Crippen LogP contribution in [0.5, 0.6) is 17.2 Å². The Kier molecular flexibility index (Phi) is 6.26. The van der Waals surface area contributed by atoms with E-state index >= 15 is 0 Å². The molecule has 2 unspecified atom stereocenters. The van der Waals surface area contributed by atoms with Gasteiger partial charge >= 0.3 is 5.97 Å². The largest absolute Gasteiger partial charge is 0.493 e. The van der Waals surface area contributed by atoms with Crippen LogP contribution in [-0.2, 0) is 4.74 Å². The number of hydrogen-bond acceptors (Lipinski definition) is 7. The van der Waals surface area contributed by atoms with Gasteiger partial charge in [0, 0.05) is 0 Å². The third-order valence-electron chi connectivity index (χ3n) is 2.92. The lowest BCUT2D eigenvalue weighted by Gasteiger charge is -2.18. The van der Waals surface area contributed by atoms with Gasteiger partial charge in [-0.25, -0.2) is 4.79 Å². The van der Waals surface area contributed by atoms with Crippen molar-refractivity contribution in [2.24, 2.45) is 0 Å². The lowest BCUT2D eigenvalue weighted by atomic mass is 10.1. The van der Waals surface area contributed by atoms with Crippen LogP contribution in [0.2, 0.25) is 0 Å². The third-order valence-corrected chi connectivity index (χ3v) is 2.92. The fraction of sp³-hybridized carbons (Fsp3) is 0.500. The molecule has 0 fully saturated rings. The summed E-state index contributed by atoms with van der Waals surface area (Å²) in [7, 11) is 4.33. The van der Waals surface area contributed by atoms with E-state index in [9.17, 15) is 9.90 Å². The molecule has 118 valence electrons. The Morgan fingerprint density at radius 3 is 2.05 bits per heavy atom. The molecule has 21 heavy (non-hydrogen) atoms. The average Bonchev–Trinajstić information content (AvgIpc) is 2.51. The lowest BCUT2D eigenvalue weighted by Crippen LogP contribution is -2.31. The maximum atomic E-state index is 12.0. The number of esters is 1. The van der Waals surface area contributed by atoms with Crippen LogP contribution in [0.3, 0.4) is 0 Å². The van der Waals surface area contributed by atoms with E-state index in [0.717, 1.165) is 0 Å². The molecular weight excluding hydrogens is 280 g/mol. The van der Waals surface area contributed by atoms with Crippen LogP contribution in [0.25, 0.3) is 0 Å². The van der Waals surface area contributed by atoms with Gasteiger partial charge in [-0.05, 0) is 19.1 Å². The molecule has 1 aromatic rings. The first-order valence-electron chi connectivity index (χ1n) is 6.28. The van der Waals surface area contributed by atoms with Crippen molar-refractivity contribution in [2.45, 2.75) is 19.1 Å². The number of ether oxygens (including phenoxy) is 4. The van der Waals surface area contributed by atoms with Gasteiger partial charge in [-0.2, -0.15) is 0 Å². The molecule has 0 radical (unpaired) electrons. The second-order valence-electron chi connectivity index (χ2n) is 4.27. The van der Waals surface area contributed by atoms with Gasteiger partial charge in [0.05, 0.1) is 33.5 Å². The summed E-state index contributed by atoms with van der Waals surface area (Å²) in [6, 6.07) is 2.89. The smallest absolute Gasteiger partial charge is 0.338 e. The molecular formula is C14H20O7. The minimum atomic E-state index is -1.14. The molecule has 2 atom stereocenters. The van der Waals surface area contributed by atoms with Gasteiger partial charge in [-0.1, -0.05) is 0 Å². The molecule has 0 amide bonds. The molecule has 7 nitrogen and oxygen atoms in total. The Morgan fingerprint density at radius 1 is 1.14 bits per heavy atom. The predicted octanol–water partition coefficient (Wildman–Crippen LogP) is 0.611. The lowest BCUT2D eigenvalue weighted by molar-refractivity contribution is -0.0294. The summed E-state index contributed by atoms with van der Waals surface area (Å²) in [5, 5.41) is 18.2. The molecule has 0 aromatic heterocycles. The number of aliphatic hydroxyl groups is 2. The zero-order valence-corrected chi connectivity index (χ0v) is 12.5.